The molecule has 0 aliphatic rings. The molecule has 1 aromatic carbocycles. The number of hydrogen-bond acceptors (Lipinski definition) is 6. The van der Waals surface area contributed by atoms with E-state index in [0.717, 1.165) is 6.20 Å². The highest BCUT2D eigenvalue weighted by Crippen LogP contribution is 2.32. The van der Waals surface area contributed by atoms with Gasteiger partial charge in [-0.05, 0) is 0 Å². The van der Waals surface area contributed by atoms with Gasteiger partial charge in [0.1, 0.15) is 5.82 Å². The number of rotatable bonds is 4. The predicted molar refractivity (Wildman–Crippen MR) is 70.9 cm³/mol. The van der Waals surface area contributed by atoms with Gasteiger partial charge in [-0.1, -0.05) is 22.9 Å². The number of benzene rings is 1. The van der Waals surface area contributed by atoms with Gasteiger partial charge >= 0.3 is 0 Å². The molecule has 0 aliphatic carbocycles. The molecule has 0 radical (unpaired) electrons. The topological polar surface area (TPSA) is 102 Å². The maximum atomic E-state index is 13.6. The summed E-state index contributed by atoms with van der Waals surface area (Å²) in [6.07, 6.45) is 0.905. The van der Waals surface area contributed by atoms with E-state index in [9.17, 15) is 27.3 Å². The lowest BCUT2D eigenvalue weighted by molar-refractivity contribution is -0.384. The van der Waals surface area contributed by atoms with Crippen LogP contribution >= 0.6 is 22.9 Å². The maximum Gasteiger partial charge on any atom is 0.299 e. The molecule has 0 amide bonds. The summed E-state index contributed by atoms with van der Waals surface area (Å²) in [6.45, 7) is 0. The first-order valence-corrected chi connectivity index (χ1v) is 7.66. The minimum absolute atomic E-state index is 0.0792. The smallest absolute Gasteiger partial charge is 0.270 e. The molecule has 1 aromatic heterocycles. The van der Waals surface area contributed by atoms with Gasteiger partial charge in [0.15, 0.2) is 20.2 Å². The maximum absolute atomic E-state index is 13.6. The van der Waals surface area contributed by atoms with Crippen LogP contribution in [0.3, 0.4) is 0 Å². The Kier molecular flexibility index (Phi) is 4.07. The van der Waals surface area contributed by atoms with Crippen molar-refractivity contribution in [3.63, 3.8) is 0 Å². The summed E-state index contributed by atoms with van der Waals surface area (Å²) in [5.41, 5.74) is -2.02. The first-order valence-electron chi connectivity index (χ1n) is 4.98. The lowest BCUT2D eigenvalue weighted by atomic mass is 10.2. The lowest BCUT2D eigenvalue weighted by Gasteiger charge is -2.07. The van der Waals surface area contributed by atoms with Crippen molar-refractivity contribution in [2.75, 3.05) is 4.72 Å². The van der Waals surface area contributed by atoms with E-state index in [1.54, 1.807) is 4.72 Å². The van der Waals surface area contributed by atoms with Crippen molar-refractivity contribution in [2.45, 2.75) is 4.21 Å². The van der Waals surface area contributed by atoms with Crippen LogP contribution < -0.4 is 4.72 Å². The van der Waals surface area contributed by atoms with E-state index in [1.807, 2.05) is 0 Å². The van der Waals surface area contributed by atoms with Crippen molar-refractivity contribution in [3.05, 3.63) is 44.5 Å². The fourth-order valence-corrected chi connectivity index (χ4v) is 3.73. The average molecular weight is 356 g/mol. The SMILES string of the molecule is O=[N+]([O-])c1cc(F)cc(F)c1NS(=O)(=O)c1cnc(Cl)s1. The number of anilines is 1. The second-order valence-corrected chi connectivity index (χ2v) is 7.10. The van der Waals surface area contributed by atoms with Crippen molar-refractivity contribution in [3.8, 4) is 0 Å². The summed E-state index contributed by atoms with van der Waals surface area (Å²) in [4.78, 5) is 13.1. The first-order chi connectivity index (χ1) is 9.70. The molecule has 0 unspecified atom stereocenters. The third-order valence-corrected chi connectivity index (χ3v) is 5.11. The van der Waals surface area contributed by atoms with Crippen LogP contribution in [0.25, 0.3) is 0 Å². The average Bonchev–Trinajstić information content (AvgIpc) is 2.79. The van der Waals surface area contributed by atoms with Crippen molar-refractivity contribution < 1.29 is 22.1 Å². The van der Waals surface area contributed by atoms with Gasteiger partial charge in [-0.2, -0.15) is 0 Å². The van der Waals surface area contributed by atoms with Gasteiger partial charge in [0.25, 0.3) is 15.7 Å². The summed E-state index contributed by atoms with van der Waals surface area (Å²) in [5.74, 6) is -2.62. The number of aromatic nitrogens is 1. The van der Waals surface area contributed by atoms with E-state index < -0.39 is 38.0 Å². The van der Waals surface area contributed by atoms with Crippen LogP contribution in [-0.4, -0.2) is 18.3 Å². The number of thiazole rings is 1. The van der Waals surface area contributed by atoms with Crippen molar-refractivity contribution in [1.29, 1.82) is 0 Å². The van der Waals surface area contributed by atoms with E-state index in [1.165, 1.54) is 0 Å². The van der Waals surface area contributed by atoms with Crippen LogP contribution in [0.15, 0.2) is 22.5 Å². The Bertz CT molecular complexity index is 824. The van der Waals surface area contributed by atoms with Gasteiger partial charge in [0.2, 0.25) is 0 Å². The Balaban J connectivity index is 2.51. The Morgan fingerprint density at radius 2 is 2.05 bits per heavy atom. The zero-order valence-corrected chi connectivity index (χ0v) is 12.1. The third-order valence-electron chi connectivity index (χ3n) is 2.19. The van der Waals surface area contributed by atoms with Gasteiger partial charge in [0.05, 0.1) is 17.2 Å². The van der Waals surface area contributed by atoms with Crippen LogP contribution in [0, 0.1) is 21.7 Å². The summed E-state index contributed by atoms with van der Waals surface area (Å²) < 4.78 is 51.7. The molecule has 12 heteroatoms. The number of halogens is 3. The molecule has 0 aliphatic heterocycles. The Hall–Kier alpha value is -1.85. The van der Waals surface area contributed by atoms with Gasteiger partial charge in [-0.3, -0.25) is 14.8 Å². The van der Waals surface area contributed by atoms with E-state index >= 15 is 0 Å². The summed E-state index contributed by atoms with van der Waals surface area (Å²) in [7, 11) is -4.33. The quantitative estimate of drug-likeness (QED) is 0.671. The summed E-state index contributed by atoms with van der Waals surface area (Å²) in [6, 6.07) is 0.727. The van der Waals surface area contributed by atoms with E-state index in [-0.39, 0.29) is 8.68 Å². The van der Waals surface area contributed by atoms with Gasteiger partial charge in [-0.25, -0.2) is 22.2 Å². The van der Waals surface area contributed by atoms with E-state index in [0.29, 0.717) is 23.5 Å². The minimum atomic E-state index is -4.33. The fraction of sp³-hybridized carbons (Fsp3) is 0. The monoisotopic (exact) mass is 355 g/mol. The molecule has 7 nitrogen and oxygen atoms in total. The van der Waals surface area contributed by atoms with Crippen LogP contribution in [0.1, 0.15) is 0 Å². The molecule has 0 bridgehead atoms. The number of nitrogens with zero attached hydrogens (tertiary/aromatic N) is 2. The number of hydrogen-bond donors (Lipinski definition) is 1. The molecular formula is C9H4ClF2N3O4S2. The number of nitrogens with one attached hydrogen (secondary N) is 1. The van der Waals surface area contributed by atoms with Gasteiger partial charge in [-0.15, -0.1) is 0 Å². The normalized spacial score (nSPS) is 11.4. The van der Waals surface area contributed by atoms with Gasteiger partial charge in [0, 0.05) is 6.07 Å². The third kappa shape index (κ3) is 3.25. The zero-order chi connectivity index (χ0) is 15.8. The van der Waals surface area contributed by atoms with E-state index in [2.05, 4.69) is 4.98 Å². The zero-order valence-electron chi connectivity index (χ0n) is 9.71. The number of sulfonamides is 1. The molecule has 21 heavy (non-hydrogen) atoms. The second-order valence-electron chi connectivity index (χ2n) is 3.58. The fourth-order valence-electron chi connectivity index (χ4n) is 1.35. The highest BCUT2D eigenvalue weighted by molar-refractivity contribution is 7.94. The van der Waals surface area contributed by atoms with E-state index in [4.69, 9.17) is 11.6 Å². The minimum Gasteiger partial charge on any atom is -0.270 e. The summed E-state index contributed by atoms with van der Waals surface area (Å²) >= 11 is 6.06. The molecule has 2 rings (SSSR count). The highest BCUT2D eigenvalue weighted by Gasteiger charge is 2.27. The Labute approximate surface area is 125 Å². The number of nitro groups is 1. The lowest BCUT2D eigenvalue weighted by Crippen LogP contribution is -2.14. The predicted octanol–water partition coefficient (Wildman–Crippen LogP) is 2.78. The molecule has 1 heterocycles. The Morgan fingerprint density at radius 1 is 1.38 bits per heavy atom. The molecule has 2 aromatic rings. The Morgan fingerprint density at radius 3 is 2.57 bits per heavy atom. The molecular weight excluding hydrogens is 352 g/mol. The van der Waals surface area contributed by atoms with Crippen LogP contribution in [-0.2, 0) is 10.0 Å². The van der Waals surface area contributed by atoms with Crippen LogP contribution in [0.4, 0.5) is 20.2 Å². The molecule has 0 spiro atoms. The molecule has 0 fully saturated rings. The van der Waals surface area contributed by atoms with Crippen LogP contribution in [0.2, 0.25) is 4.47 Å². The van der Waals surface area contributed by atoms with Crippen LogP contribution in [0.5, 0.6) is 0 Å². The molecule has 0 atom stereocenters. The van der Waals surface area contributed by atoms with Gasteiger partial charge < -0.3 is 0 Å². The molecule has 0 saturated carbocycles. The van der Waals surface area contributed by atoms with Crippen molar-refractivity contribution in [1.82, 2.24) is 4.98 Å². The highest BCUT2D eigenvalue weighted by atomic mass is 35.5. The molecule has 1 N–H and O–H groups in total. The standard InChI is InChI=1S/C9H4ClF2N3O4S2/c10-9-13-3-7(20-9)21(18,19)14-8-5(12)1-4(11)2-6(8)15(16)17/h1-3,14H. The first kappa shape index (κ1) is 15.5. The second kappa shape index (κ2) is 5.50. The largest absolute Gasteiger partial charge is 0.299 e. The summed E-state index contributed by atoms with van der Waals surface area (Å²) in [5, 5.41) is 10.8. The molecule has 112 valence electrons. The van der Waals surface area contributed by atoms with Crippen molar-refractivity contribution in [2.24, 2.45) is 0 Å². The number of nitro benzene ring substituents is 1. The van der Waals surface area contributed by atoms with Crippen molar-refractivity contribution >= 4 is 44.3 Å². The molecule has 0 saturated heterocycles.